The Morgan fingerprint density at radius 3 is 2.79 bits per heavy atom. The second kappa shape index (κ2) is 5.75. The van der Waals surface area contributed by atoms with E-state index < -0.39 is 5.97 Å². The molecule has 0 aliphatic heterocycles. The second-order valence-electron chi connectivity index (χ2n) is 4.14. The molecule has 0 atom stereocenters. The smallest absolute Gasteiger partial charge is 0.337 e. The molecule has 1 heterocycles. The lowest BCUT2D eigenvalue weighted by molar-refractivity contribution is 0.0696. The summed E-state index contributed by atoms with van der Waals surface area (Å²) in [7, 11) is 0. The number of nitrogens with two attached hydrogens (primary N) is 1. The second-order valence-corrected chi connectivity index (χ2v) is 5.10. The summed E-state index contributed by atoms with van der Waals surface area (Å²) in [5.74, 6) is -0.259. The van der Waals surface area contributed by atoms with E-state index in [2.05, 4.69) is 24.0 Å². The lowest BCUT2D eigenvalue weighted by atomic mass is 10.1. The molecule has 0 amide bonds. The molecule has 1 aromatic heterocycles. The van der Waals surface area contributed by atoms with E-state index in [4.69, 9.17) is 10.8 Å². The van der Waals surface area contributed by atoms with Gasteiger partial charge in [-0.05, 0) is 24.1 Å². The molecular formula is C14H14N2O2S. The van der Waals surface area contributed by atoms with Crippen molar-refractivity contribution in [1.82, 2.24) is 4.98 Å². The number of aromatic nitrogens is 1. The molecule has 5 heteroatoms. The van der Waals surface area contributed by atoms with Crippen LogP contribution in [0.25, 0.3) is 0 Å². The van der Waals surface area contributed by atoms with Crippen LogP contribution in [0, 0.1) is 6.92 Å². The number of benzene rings is 1. The minimum atomic E-state index is -1.02. The molecule has 1 aromatic carbocycles. The fraction of sp³-hybridized carbons (Fsp3) is 0.143. The topological polar surface area (TPSA) is 76.2 Å². The molecule has 0 bridgehead atoms. The van der Waals surface area contributed by atoms with Crippen molar-refractivity contribution in [3.63, 3.8) is 0 Å². The quantitative estimate of drug-likeness (QED) is 0.838. The van der Waals surface area contributed by atoms with Gasteiger partial charge in [-0.2, -0.15) is 0 Å². The molecule has 19 heavy (non-hydrogen) atoms. The van der Waals surface area contributed by atoms with E-state index in [0.717, 1.165) is 5.75 Å². The van der Waals surface area contributed by atoms with Crippen molar-refractivity contribution in [2.75, 3.05) is 5.73 Å². The van der Waals surface area contributed by atoms with Crippen molar-refractivity contribution in [3.05, 3.63) is 53.2 Å². The Balaban J connectivity index is 2.12. The molecule has 4 nitrogen and oxygen atoms in total. The summed E-state index contributed by atoms with van der Waals surface area (Å²) in [6.45, 7) is 2.06. The van der Waals surface area contributed by atoms with E-state index in [1.54, 1.807) is 0 Å². The van der Waals surface area contributed by atoms with E-state index >= 15 is 0 Å². The van der Waals surface area contributed by atoms with Crippen LogP contribution in [0.5, 0.6) is 0 Å². The predicted molar refractivity (Wildman–Crippen MR) is 76.3 cm³/mol. The van der Waals surface area contributed by atoms with Crippen molar-refractivity contribution < 1.29 is 9.90 Å². The van der Waals surface area contributed by atoms with Gasteiger partial charge >= 0.3 is 5.97 Å². The van der Waals surface area contributed by atoms with Crippen LogP contribution in [0.1, 0.15) is 21.5 Å². The number of nitrogens with zero attached hydrogens (tertiary/aromatic N) is 1. The monoisotopic (exact) mass is 274 g/mol. The molecule has 2 rings (SSSR count). The first-order valence-electron chi connectivity index (χ1n) is 5.74. The SMILES string of the molecule is Cc1ccccc1CSc1ncc(C(=O)O)cc1N. The number of pyridine rings is 1. The summed E-state index contributed by atoms with van der Waals surface area (Å²) in [4.78, 5) is 14.9. The normalized spacial score (nSPS) is 10.4. The molecule has 3 N–H and O–H groups in total. The van der Waals surface area contributed by atoms with E-state index in [-0.39, 0.29) is 5.56 Å². The highest BCUT2D eigenvalue weighted by molar-refractivity contribution is 7.98. The number of aryl methyl sites for hydroxylation is 1. The van der Waals surface area contributed by atoms with Gasteiger partial charge in [-0.1, -0.05) is 36.0 Å². The van der Waals surface area contributed by atoms with Crippen LogP contribution in [0.4, 0.5) is 5.69 Å². The zero-order valence-corrected chi connectivity index (χ0v) is 11.3. The van der Waals surface area contributed by atoms with Gasteiger partial charge in [0.15, 0.2) is 0 Å². The van der Waals surface area contributed by atoms with E-state index in [1.165, 1.54) is 35.2 Å². The fourth-order valence-electron chi connectivity index (χ4n) is 1.62. The van der Waals surface area contributed by atoms with Gasteiger partial charge in [0.1, 0.15) is 5.03 Å². The van der Waals surface area contributed by atoms with E-state index in [1.807, 2.05) is 12.1 Å². The summed E-state index contributed by atoms with van der Waals surface area (Å²) in [6.07, 6.45) is 1.33. The van der Waals surface area contributed by atoms with Crippen LogP contribution in [0.2, 0.25) is 0 Å². The molecule has 0 saturated carbocycles. The summed E-state index contributed by atoms with van der Waals surface area (Å²) < 4.78 is 0. The summed E-state index contributed by atoms with van der Waals surface area (Å²) in [5, 5.41) is 9.50. The first kappa shape index (κ1) is 13.4. The Labute approximate surface area is 115 Å². The van der Waals surface area contributed by atoms with Gasteiger partial charge in [0.25, 0.3) is 0 Å². The molecule has 0 aliphatic carbocycles. The molecule has 0 aliphatic rings. The zero-order valence-electron chi connectivity index (χ0n) is 10.5. The Morgan fingerprint density at radius 2 is 2.16 bits per heavy atom. The average molecular weight is 274 g/mol. The van der Waals surface area contributed by atoms with Crippen LogP contribution >= 0.6 is 11.8 Å². The van der Waals surface area contributed by atoms with Crippen LogP contribution < -0.4 is 5.73 Å². The van der Waals surface area contributed by atoms with Crippen LogP contribution in [0.15, 0.2) is 41.6 Å². The van der Waals surface area contributed by atoms with Gasteiger partial charge in [0.05, 0.1) is 11.3 Å². The standard InChI is InChI=1S/C14H14N2O2S/c1-9-4-2-3-5-10(9)8-19-13-12(15)6-11(7-16-13)14(17)18/h2-7H,8,15H2,1H3,(H,17,18). The number of aromatic carboxylic acids is 1. The molecule has 98 valence electrons. The lowest BCUT2D eigenvalue weighted by Gasteiger charge is -2.07. The summed E-state index contributed by atoms with van der Waals surface area (Å²) in [5.41, 5.74) is 8.76. The van der Waals surface area contributed by atoms with Crippen molar-refractivity contribution in [2.45, 2.75) is 17.7 Å². The van der Waals surface area contributed by atoms with Crippen LogP contribution in [0.3, 0.4) is 0 Å². The average Bonchev–Trinajstić information content (AvgIpc) is 2.39. The molecule has 0 radical (unpaired) electrons. The Bertz CT molecular complexity index is 614. The summed E-state index contributed by atoms with van der Waals surface area (Å²) in [6, 6.07) is 9.55. The third-order valence-electron chi connectivity index (χ3n) is 2.75. The Kier molecular flexibility index (Phi) is 4.06. The van der Waals surface area contributed by atoms with Crippen molar-refractivity contribution in [3.8, 4) is 0 Å². The maximum atomic E-state index is 10.8. The van der Waals surface area contributed by atoms with Gasteiger partial charge in [-0.25, -0.2) is 9.78 Å². The molecule has 0 unspecified atom stereocenters. The highest BCUT2D eigenvalue weighted by Gasteiger charge is 2.08. The number of thioether (sulfide) groups is 1. The van der Waals surface area contributed by atoms with E-state index in [9.17, 15) is 4.79 Å². The first-order valence-corrected chi connectivity index (χ1v) is 6.72. The first-order chi connectivity index (χ1) is 9.08. The number of carboxylic acid groups (broad SMARTS) is 1. The van der Waals surface area contributed by atoms with Gasteiger partial charge in [0, 0.05) is 11.9 Å². The maximum Gasteiger partial charge on any atom is 0.337 e. The van der Waals surface area contributed by atoms with Gasteiger partial charge in [-0.3, -0.25) is 0 Å². The highest BCUT2D eigenvalue weighted by atomic mass is 32.2. The number of carboxylic acids is 1. The van der Waals surface area contributed by atoms with Crippen molar-refractivity contribution in [1.29, 1.82) is 0 Å². The minimum Gasteiger partial charge on any atom is -0.478 e. The molecule has 2 aromatic rings. The number of anilines is 1. The molecule has 0 saturated heterocycles. The Morgan fingerprint density at radius 1 is 1.42 bits per heavy atom. The number of nitrogen functional groups attached to an aromatic ring is 1. The van der Waals surface area contributed by atoms with Gasteiger partial charge in [0.2, 0.25) is 0 Å². The largest absolute Gasteiger partial charge is 0.478 e. The van der Waals surface area contributed by atoms with Crippen molar-refractivity contribution in [2.24, 2.45) is 0 Å². The number of hydrogen-bond acceptors (Lipinski definition) is 4. The number of hydrogen-bond donors (Lipinski definition) is 2. The minimum absolute atomic E-state index is 0.109. The number of rotatable bonds is 4. The van der Waals surface area contributed by atoms with Gasteiger partial charge < -0.3 is 10.8 Å². The maximum absolute atomic E-state index is 10.8. The number of carbonyl (C=O) groups is 1. The Hall–Kier alpha value is -2.01. The van der Waals surface area contributed by atoms with E-state index in [0.29, 0.717) is 10.7 Å². The zero-order chi connectivity index (χ0) is 13.8. The molecular weight excluding hydrogens is 260 g/mol. The lowest BCUT2D eigenvalue weighted by Crippen LogP contribution is -2.01. The van der Waals surface area contributed by atoms with Crippen LogP contribution in [-0.4, -0.2) is 16.1 Å². The fourth-order valence-corrected chi connectivity index (χ4v) is 2.59. The van der Waals surface area contributed by atoms with Gasteiger partial charge in [-0.15, -0.1) is 0 Å². The highest BCUT2D eigenvalue weighted by Crippen LogP contribution is 2.27. The van der Waals surface area contributed by atoms with Crippen molar-refractivity contribution >= 4 is 23.4 Å². The summed E-state index contributed by atoms with van der Waals surface area (Å²) >= 11 is 1.51. The molecule has 0 spiro atoms. The molecule has 0 fully saturated rings. The third-order valence-corrected chi connectivity index (χ3v) is 3.82. The third kappa shape index (κ3) is 3.26. The van der Waals surface area contributed by atoms with Crippen LogP contribution in [-0.2, 0) is 5.75 Å². The predicted octanol–water partition coefficient (Wildman–Crippen LogP) is 2.96.